The lowest BCUT2D eigenvalue weighted by atomic mass is 9.76. The van der Waals surface area contributed by atoms with E-state index in [9.17, 15) is 32.3 Å². The van der Waals surface area contributed by atoms with Gasteiger partial charge in [0.05, 0.1) is 6.61 Å². The number of ketones is 3. The van der Waals surface area contributed by atoms with Gasteiger partial charge >= 0.3 is 5.97 Å². The molecule has 0 spiro atoms. The summed E-state index contributed by atoms with van der Waals surface area (Å²) in [4.78, 5) is 45.4. The molecule has 0 bridgehead atoms. The summed E-state index contributed by atoms with van der Waals surface area (Å²) in [5.74, 6) is -7.23. The number of hydrogen-bond donors (Lipinski definition) is 0. The van der Waals surface area contributed by atoms with E-state index in [1.807, 2.05) is 0 Å². The Balaban J connectivity index is 5.86. The molecule has 0 aliphatic heterocycles. The van der Waals surface area contributed by atoms with Gasteiger partial charge in [-0.15, -0.1) is 0 Å². The van der Waals surface area contributed by atoms with Gasteiger partial charge in [-0.1, -0.05) is 0 Å². The summed E-state index contributed by atoms with van der Waals surface area (Å²) in [6, 6.07) is 0. The molecule has 0 saturated heterocycles. The Bertz CT molecular complexity index is 326. The van der Waals surface area contributed by atoms with Crippen molar-refractivity contribution in [3.8, 4) is 0 Å². The van der Waals surface area contributed by atoms with E-state index in [0.717, 1.165) is 0 Å². The predicted octanol–water partition coefficient (Wildman–Crippen LogP) is 0.152. The van der Waals surface area contributed by atoms with E-state index in [0.29, 0.717) is 0 Å². The normalized spacial score (nSPS) is 10.9. The van der Waals surface area contributed by atoms with Crippen molar-refractivity contribution in [1.82, 2.24) is 0 Å². The van der Waals surface area contributed by atoms with Gasteiger partial charge in [-0.25, -0.2) is 18.0 Å². The first-order valence-corrected chi connectivity index (χ1v) is 4.88. The zero-order valence-electron chi connectivity index (χ0n) is 9.50. The molecule has 0 aliphatic rings. The largest absolute Gasteiger partial charge is 0.465 e. The Morgan fingerprint density at radius 1 is 0.889 bits per heavy atom. The zero-order valence-corrected chi connectivity index (χ0v) is 9.50. The summed E-state index contributed by atoms with van der Waals surface area (Å²) < 4.78 is 41.4. The Labute approximate surface area is 100 Å². The van der Waals surface area contributed by atoms with Gasteiger partial charge in [0.25, 0.3) is 0 Å². The maximum atomic E-state index is 12.4. The maximum absolute atomic E-state index is 12.4. The van der Waals surface area contributed by atoms with Crippen molar-refractivity contribution in [2.24, 2.45) is 5.41 Å². The first-order chi connectivity index (χ1) is 8.43. The standard InChI is InChI=1S/C10H11F3O5/c1-2-18-9(17)10(6(14)3-11,7(15)4-12)8(16)5-13/h2-5H2,1H3. The molecule has 0 unspecified atom stereocenters. The highest BCUT2D eigenvalue weighted by molar-refractivity contribution is 6.38. The molecule has 0 atom stereocenters. The zero-order chi connectivity index (χ0) is 14.3. The third kappa shape index (κ3) is 2.57. The highest BCUT2D eigenvalue weighted by Gasteiger charge is 2.59. The van der Waals surface area contributed by atoms with Gasteiger partial charge in [-0.05, 0) is 6.92 Å². The first-order valence-electron chi connectivity index (χ1n) is 4.88. The SMILES string of the molecule is CCOC(=O)C(C(=O)CF)(C(=O)CF)C(=O)CF. The third-order valence-electron chi connectivity index (χ3n) is 2.20. The van der Waals surface area contributed by atoms with Gasteiger partial charge in [-0.3, -0.25) is 14.4 Å². The topological polar surface area (TPSA) is 77.5 Å². The van der Waals surface area contributed by atoms with Crippen LogP contribution in [0.5, 0.6) is 0 Å². The minimum Gasteiger partial charge on any atom is -0.465 e. The van der Waals surface area contributed by atoms with Crippen LogP contribution in [0.4, 0.5) is 13.2 Å². The molecule has 5 nitrogen and oxygen atoms in total. The van der Waals surface area contributed by atoms with E-state index in [2.05, 4.69) is 4.74 Å². The molecular formula is C10H11F3O5. The molecule has 0 saturated carbocycles. The van der Waals surface area contributed by atoms with Crippen molar-refractivity contribution >= 4 is 23.3 Å². The van der Waals surface area contributed by atoms with E-state index < -0.39 is 48.8 Å². The smallest absolute Gasteiger partial charge is 0.335 e. The number of carbonyl (C=O) groups excluding carboxylic acids is 4. The van der Waals surface area contributed by atoms with Gasteiger partial charge in [-0.2, -0.15) is 0 Å². The van der Waals surface area contributed by atoms with Gasteiger partial charge in [0.15, 0.2) is 17.3 Å². The van der Waals surface area contributed by atoms with E-state index in [1.54, 1.807) is 0 Å². The molecule has 0 N–H and O–H groups in total. The fourth-order valence-corrected chi connectivity index (χ4v) is 1.35. The molecular weight excluding hydrogens is 257 g/mol. The Morgan fingerprint density at radius 3 is 1.44 bits per heavy atom. The lowest BCUT2D eigenvalue weighted by molar-refractivity contribution is -0.168. The second kappa shape index (κ2) is 6.87. The summed E-state index contributed by atoms with van der Waals surface area (Å²) in [7, 11) is 0. The average Bonchev–Trinajstić information content (AvgIpc) is 2.38. The second-order valence-electron chi connectivity index (χ2n) is 3.14. The highest BCUT2D eigenvalue weighted by atomic mass is 19.1. The van der Waals surface area contributed by atoms with E-state index in [1.165, 1.54) is 6.92 Å². The van der Waals surface area contributed by atoms with E-state index in [4.69, 9.17) is 0 Å². The van der Waals surface area contributed by atoms with Crippen LogP contribution in [0, 0.1) is 5.41 Å². The van der Waals surface area contributed by atoms with Gasteiger partial charge < -0.3 is 4.74 Å². The van der Waals surface area contributed by atoms with E-state index >= 15 is 0 Å². The Morgan fingerprint density at radius 2 is 1.22 bits per heavy atom. The van der Waals surface area contributed by atoms with Crippen LogP contribution in [0.1, 0.15) is 6.92 Å². The van der Waals surface area contributed by atoms with Crippen molar-refractivity contribution in [1.29, 1.82) is 0 Å². The molecule has 0 aromatic carbocycles. The minimum atomic E-state index is -3.37. The first kappa shape index (κ1) is 16.3. The number of hydrogen-bond acceptors (Lipinski definition) is 5. The number of rotatable bonds is 8. The second-order valence-corrected chi connectivity index (χ2v) is 3.14. The number of halogens is 3. The van der Waals surface area contributed by atoms with Crippen LogP contribution in [0.2, 0.25) is 0 Å². The van der Waals surface area contributed by atoms with Gasteiger partial charge in [0.1, 0.15) is 20.0 Å². The van der Waals surface area contributed by atoms with Crippen molar-refractivity contribution in [2.75, 3.05) is 26.6 Å². The molecule has 0 aromatic heterocycles. The Kier molecular flexibility index (Phi) is 6.21. The van der Waals surface area contributed by atoms with Gasteiger partial charge in [0.2, 0.25) is 5.41 Å². The molecule has 0 fully saturated rings. The van der Waals surface area contributed by atoms with Gasteiger partial charge in [0, 0.05) is 0 Å². The highest BCUT2D eigenvalue weighted by Crippen LogP contribution is 2.25. The summed E-state index contributed by atoms with van der Waals surface area (Å²) in [5, 5.41) is 0. The van der Waals surface area contributed by atoms with Crippen LogP contribution in [-0.2, 0) is 23.9 Å². The molecule has 0 aromatic rings. The summed E-state index contributed by atoms with van der Waals surface area (Å²) in [5.41, 5.74) is -3.37. The molecule has 8 heteroatoms. The molecule has 0 radical (unpaired) electrons. The minimum absolute atomic E-state index is 0.348. The predicted molar refractivity (Wildman–Crippen MR) is 52.0 cm³/mol. The number of Topliss-reactive ketones (excluding diaryl/α,β-unsaturated/α-hetero) is 3. The fourth-order valence-electron chi connectivity index (χ4n) is 1.35. The van der Waals surface area contributed by atoms with E-state index in [-0.39, 0.29) is 6.61 Å². The van der Waals surface area contributed by atoms with Crippen LogP contribution in [0.25, 0.3) is 0 Å². The summed E-state index contributed by atoms with van der Waals surface area (Å²) in [6.07, 6.45) is 0. The monoisotopic (exact) mass is 268 g/mol. The van der Waals surface area contributed by atoms with Crippen molar-refractivity contribution < 1.29 is 37.1 Å². The van der Waals surface area contributed by atoms with Crippen LogP contribution < -0.4 is 0 Å². The van der Waals surface area contributed by atoms with Crippen LogP contribution in [0.15, 0.2) is 0 Å². The molecule has 102 valence electrons. The lowest BCUT2D eigenvalue weighted by Gasteiger charge is -2.23. The number of alkyl halides is 3. The van der Waals surface area contributed by atoms with Crippen LogP contribution in [0.3, 0.4) is 0 Å². The van der Waals surface area contributed by atoms with Crippen LogP contribution >= 0.6 is 0 Å². The Hall–Kier alpha value is -1.73. The maximum Gasteiger partial charge on any atom is 0.335 e. The fraction of sp³-hybridized carbons (Fsp3) is 0.600. The molecule has 0 aliphatic carbocycles. The third-order valence-corrected chi connectivity index (χ3v) is 2.20. The van der Waals surface area contributed by atoms with Crippen molar-refractivity contribution in [2.45, 2.75) is 6.92 Å². The number of esters is 1. The number of carbonyl (C=O) groups is 4. The number of ether oxygens (including phenoxy) is 1. The quantitative estimate of drug-likeness (QED) is 0.462. The molecule has 0 rings (SSSR count). The lowest BCUT2D eigenvalue weighted by Crippen LogP contribution is -2.55. The summed E-state index contributed by atoms with van der Waals surface area (Å²) >= 11 is 0. The molecule has 18 heavy (non-hydrogen) atoms. The van der Waals surface area contributed by atoms with Crippen molar-refractivity contribution in [3.63, 3.8) is 0 Å². The molecule has 0 amide bonds. The van der Waals surface area contributed by atoms with Crippen LogP contribution in [-0.4, -0.2) is 49.9 Å². The average molecular weight is 268 g/mol. The summed E-state index contributed by atoms with van der Waals surface area (Å²) in [6.45, 7) is -4.75. The van der Waals surface area contributed by atoms with Crippen molar-refractivity contribution in [3.05, 3.63) is 0 Å². The molecule has 0 heterocycles.